The van der Waals surface area contributed by atoms with Crippen LogP contribution < -0.4 is 4.74 Å². The van der Waals surface area contributed by atoms with Crippen LogP contribution >= 0.6 is 11.6 Å². The fourth-order valence-corrected chi connectivity index (χ4v) is 3.23. The third-order valence-corrected chi connectivity index (χ3v) is 4.79. The molecule has 1 aliphatic carbocycles. The molecule has 7 heteroatoms. The van der Waals surface area contributed by atoms with Crippen LogP contribution in [0.2, 0.25) is 5.15 Å². The molecule has 23 heavy (non-hydrogen) atoms. The molecule has 0 N–H and O–H groups in total. The first-order chi connectivity index (χ1) is 10.8. The average molecular weight is 340 g/mol. The van der Waals surface area contributed by atoms with Gasteiger partial charge in [-0.2, -0.15) is 0 Å². The Morgan fingerprint density at radius 1 is 1.35 bits per heavy atom. The average Bonchev–Trinajstić information content (AvgIpc) is 2.90. The molecule has 1 saturated heterocycles. The maximum atomic E-state index is 12.0. The van der Waals surface area contributed by atoms with E-state index >= 15 is 0 Å². The predicted octanol–water partition coefficient (Wildman–Crippen LogP) is 2.93. The molecule has 1 unspecified atom stereocenters. The number of nitrogens with zero attached hydrogens (tertiary/aromatic N) is 3. The summed E-state index contributed by atoms with van der Waals surface area (Å²) >= 11 is 5.96. The second kappa shape index (κ2) is 5.82. The normalized spacial score (nSPS) is 26.0. The van der Waals surface area contributed by atoms with E-state index in [1.165, 1.54) is 6.33 Å². The highest BCUT2D eigenvalue weighted by Gasteiger charge is 2.57. The van der Waals surface area contributed by atoms with Crippen LogP contribution in [0.3, 0.4) is 0 Å². The SMILES string of the molecule is Cc1c(Cl)ncnc1OCC1[C@H]2CN(C(=O)OC(C)(C)C)C[C@@H]12. The third-order valence-electron chi connectivity index (χ3n) is 4.41. The van der Waals surface area contributed by atoms with Crippen LogP contribution in [-0.2, 0) is 4.74 Å². The van der Waals surface area contributed by atoms with Crippen molar-refractivity contribution >= 4 is 17.7 Å². The summed E-state index contributed by atoms with van der Waals surface area (Å²) in [6.45, 7) is 9.59. The fourth-order valence-electron chi connectivity index (χ4n) is 3.11. The zero-order valence-corrected chi connectivity index (χ0v) is 14.6. The summed E-state index contributed by atoms with van der Waals surface area (Å²) in [7, 11) is 0. The van der Waals surface area contributed by atoms with Crippen LogP contribution in [0.15, 0.2) is 6.33 Å². The molecule has 0 radical (unpaired) electrons. The summed E-state index contributed by atoms with van der Waals surface area (Å²) in [6.07, 6.45) is 1.19. The number of hydrogen-bond acceptors (Lipinski definition) is 5. The largest absolute Gasteiger partial charge is 0.477 e. The minimum atomic E-state index is -0.448. The number of piperidine rings is 1. The summed E-state index contributed by atoms with van der Waals surface area (Å²) in [5.41, 5.74) is 0.311. The van der Waals surface area contributed by atoms with E-state index in [-0.39, 0.29) is 6.09 Å². The van der Waals surface area contributed by atoms with Gasteiger partial charge in [-0.15, -0.1) is 0 Å². The molecular formula is C16H22ClN3O3. The van der Waals surface area contributed by atoms with Gasteiger partial charge >= 0.3 is 6.09 Å². The quantitative estimate of drug-likeness (QED) is 0.792. The first-order valence-electron chi connectivity index (χ1n) is 7.84. The predicted molar refractivity (Wildman–Crippen MR) is 85.6 cm³/mol. The van der Waals surface area contributed by atoms with Gasteiger partial charge in [-0.3, -0.25) is 0 Å². The van der Waals surface area contributed by atoms with Gasteiger partial charge in [0.05, 0.1) is 6.61 Å². The van der Waals surface area contributed by atoms with Gasteiger partial charge in [0.15, 0.2) is 0 Å². The number of carbonyl (C=O) groups is 1. The smallest absolute Gasteiger partial charge is 0.410 e. The van der Waals surface area contributed by atoms with Gasteiger partial charge in [0.25, 0.3) is 0 Å². The molecule has 1 saturated carbocycles. The number of fused-ring (bicyclic) bond motifs is 1. The van der Waals surface area contributed by atoms with Crippen molar-refractivity contribution in [1.82, 2.24) is 14.9 Å². The number of ether oxygens (including phenoxy) is 2. The van der Waals surface area contributed by atoms with Crippen LogP contribution in [0.4, 0.5) is 4.79 Å². The van der Waals surface area contributed by atoms with Crippen molar-refractivity contribution in [1.29, 1.82) is 0 Å². The van der Waals surface area contributed by atoms with Crippen LogP contribution in [0, 0.1) is 24.7 Å². The molecule has 3 rings (SSSR count). The Labute approximate surface area is 141 Å². The molecule has 2 fully saturated rings. The zero-order chi connectivity index (χ0) is 16.8. The monoisotopic (exact) mass is 339 g/mol. The molecule has 126 valence electrons. The fraction of sp³-hybridized carbons (Fsp3) is 0.688. The van der Waals surface area contributed by atoms with Crippen molar-refractivity contribution in [3.8, 4) is 5.88 Å². The highest BCUT2D eigenvalue weighted by atomic mass is 35.5. The first-order valence-corrected chi connectivity index (χ1v) is 8.22. The molecule has 2 aliphatic rings. The molecule has 1 amide bonds. The second-order valence-electron chi connectivity index (χ2n) is 7.28. The van der Waals surface area contributed by atoms with Crippen molar-refractivity contribution in [3.63, 3.8) is 0 Å². The van der Waals surface area contributed by atoms with E-state index in [1.54, 1.807) is 4.90 Å². The van der Waals surface area contributed by atoms with E-state index in [0.717, 1.165) is 18.7 Å². The van der Waals surface area contributed by atoms with Gasteiger partial charge in [0, 0.05) is 24.6 Å². The zero-order valence-electron chi connectivity index (χ0n) is 13.9. The minimum absolute atomic E-state index is 0.220. The number of hydrogen-bond donors (Lipinski definition) is 0. The minimum Gasteiger partial charge on any atom is -0.477 e. The van der Waals surface area contributed by atoms with Crippen molar-refractivity contribution in [2.45, 2.75) is 33.3 Å². The summed E-state index contributed by atoms with van der Waals surface area (Å²) in [5.74, 6) is 2.01. The first kappa shape index (κ1) is 16.3. The van der Waals surface area contributed by atoms with Gasteiger partial charge in [-0.05, 0) is 39.5 Å². The Hall–Kier alpha value is -1.56. The molecule has 0 aromatic carbocycles. The highest BCUT2D eigenvalue weighted by molar-refractivity contribution is 6.30. The van der Waals surface area contributed by atoms with E-state index < -0.39 is 5.60 Å². The van der Waals surface area contributed by atoms with Crippen LogP contribution in [0.25, 0.3) is 0 Å². The van der Waals surface area contributed by atoms with Crippen molar-refractivity contribution < 1.29 is 14.3 Å². The van der Waals surface area contributed by atoms with Gasteiger partial charge in [0.1, 0.15) is 17.1 Å². The Bertz CT molecular complexity index is 605. The molecule has 3 atom stereocenters. The molecule has 0 bridgehead atoms. The van der Waals surface area contributed by atoms with Crippen molar-refractivity contribution in [2.75, 3.05) is 19.7 Å². The lowest BCUT2D eigenvalue weighted by atomic mass is 10.2. The summed E-state index contributed by atoms with van der Waals surface area (Å²) in [6, 6.07) is 0. The Morgan fingerprint density at radius 2 is 2.00 bits per heavy atom. The molecule has 2 heterocycles. The van der Waals surface area contributed by atoms with Crippen molar-refractivity contribution in [3.05, 3.63) is 17.0 Å². The lowest BCUT2D eigenvalue weighted by Crippen LogP contribution is -2.37. The Balaban J connectivity index is 1.47. The van der Waals surface area contributed by atoms with Gasteiger partial charge in [-0.1, -0.05) is 11.6 Å². The number of amides is 1. The van der Waals surface area contributed by atoms with E-state index in [4.69, 9.17) is 21.1 Å². The third kappa shape index (κ3) is 3.52. The van der Waals surface area contributed by atoms with Crippen LogP contribution in [0.1, 0.15) is 26.3 Å². The summed E-state index contributed by atoms with van der Waals surface area (Å²) in [5, 5.41) is 0.419. The highest BCUT2D eigenvalue weighted by Crippen LogP contribution is 2.52. The lowest BCUT2D eigenvalue weighted by Gasteiger charge is -2.25. The van der Waals surface area contributed by atoms with Crippen LogP contribution in [0.5, 0.6) is 5.88 Å². The standard InChI is InChI=1S/C16H22ClN3O3/c1-9-13(17)18-8-19-14(9)22-7-12-10-5-20(6-11(10)12)15(21)23-16(2,3)4/h8,10-12H,5-7H2,1-4H3/t10-,11+,12?. The van der Waals surface area contributed by atoms with Gasteiger partial charge in [0.2, 0.25) is 5.88 Å². The molecule has 1 aliphatic heterocycles. The van der Waals surface area contributed by atoms with Crippen LogP contribution in [-0.4, -0.2) is 46.3 Å². The number of rotatable bonds is 3. The molecule has 1 aromatic rings. The number of likely N-dealkylation sites (tertiary alicyclic amines) is 1. The van der Waals surface area contributed by atoms with E-state index in [9.17, 15) is 4.79 Å². The summed E-state index contributed by atoms with van der Waals surface area (Å²) < 4.78 is 11.2. The van der Waals surface area contributed by atoms with Crippen molar-refractivity contribution in [2.24, 2.45) is 17.8 Å². The number of carbonyl (C=O) groups excluding carboxylic acids is 1. The molecule has 0 spiro atoms. The molecule has 6 nitrogen and oxygen atoms in total. The number of aromatic nitrogens is 2. The van der Waals surface area contributed by atoms with E-state index in [0.29, 0.717) is 35.4 Å². The summed E-state index contributed by atoms with van der Waals surface area (Å²) in [4.78, 5) is 21.9. The van der Waals surface area contributed by atoms with E-state index in [2.05, 4.69) is 9.97 Å². The maximum Gasteiger partial charge on any atom is 0.410 e. The second-order valence-corrected chi connectivity index (χ2v) is 7.64. The Morgan fingerprint density at radius 3 is 2.61 bits per heavy atom. The number of halogens is 1. The molecular weight excluding hydrogens is 318 g/mol. The van der Waals surface area contributed by atoms with E-state index in [1.807, 2.05) is 27.7 Å². The van der Waals surface area contributed by atoms with Gasteiger partial charge < -0.3 is 14.4 Å². The molecule has 1 aromatic heterocycles. The Kier molecular flexibility index (Phi) is 4.12. The lowest BCUT2D eigenvalue weighted by molar-refractivity contribution is 0.0260. The maximum absolute atomic E-state index is 12.0. The topological polar surface area (TPSA) is 64.6 Å². The van der Waals surface area contributed by atoms with Gasteiger partial charge in [-0.25, -0.2) is 14.8 Å².